The van der Waals surface area contributed by atoms with Crippen molar-refractivity contribution in [3.05, 3.63) is 83.4 Å². The Morgan fingerprint density at radius 1 is 0.971 bits per heavy atom. The van der Waals surface area contributed by atoms with E-state index in [-0.39, 0.29) is 11.3 Å². The number of carbonyl (C=O) groups excluding carboxylic acids is 2. The molecule has 35 heavy (non-hydrogen) atoms. The van der Waals surface area contributed by atoms with Gasteiger partial charge in [0.2, 0.25) is 0 Å². The van der Waals surface area contributed by atoms with Crippen molar-refractivity contribution >= 4 is 28.2 Å². The molecule has 0 unspecified atom stereocenters. The van der Waals surface area contributed by atoms with E-state index in [4.69, 9.17) is 9.47 Å². The topological polar surface area (TPSA) is 79.3 Å². The first-order valence-electron chi connectivity index (χ1n) is 11.8. The van der Waals surface area contributed by atoms with Crippen LogP contribution >= 0.6 is 0 Å². The number of hydrogen-bond acceptors (Lipinski definition) is 6. The molecule has 0 radical (unpaired) electrons. The molecular weight excluding hydrogens is 444 g/mol. The van der Waals surface area contributed by atoms with E-state index in [0.29, 0.717) is 37.6 Å². The summed E-state index contributed by atoms with van der Waals surface area (Å²) in [6.07, 6.45) is 0. The molecule has 2 aliphatic rings. The van der Waals surface area contributed by atoms with E-state index in [0.717, 1.165) is 29.4 Å². The third-order valence-electron chi connectivity index (χ3n) is 6.78. The van der Waals surface area contributed by atoms with Crippen molar-refractivity contribution in [3.8, 4) is 5.75 Å². The Morgan fingerprint density at radius 2 is 1.69 bits per heavy atom. The lowest BCUT2D eigenvalue weighted by molar-refractivity contribution is -0.140. The summed E-state index contributed by atoms with van der Waals surface area (Å²) < 4.78 is 10.7. The van der Waals surface area contributed by atoms with Gasteiger partial charge in [-0.25, -0.2) is 0 Å². The Kier molecular flexibility index (Phi) is 6.53. The van der Waals surface area contributed by atoms with Crippen LogP contribution in [0.4, 0.5) is 0 Å². The largest absolute Gasteiger partial charge is 0.507 e. The van der Waals surface area contributed by atoms with Crippen molar-refractivity contribution in [1.29, 1.82) is 0 Å². The summed E-state index contributed by atoms with van der Waals surface area (Å²) in [6.45, 7) is 3.88. The number of amides is 1. The van der Waals surface area contributed by atoms with Gasteiger partial charge in [0.05, 0.1) is 31.9 Å². The number of methoxy groups -OCH3 is 1. The monoisotopic (exact) mass is 472 g/mol. The van der Waals surface area contributed by atoms with Gasteiger partial charge in [-0.3, -0.25) is 14.5 Å². The molecule has 2 saturated heterocycles. The zero-order valence-corrected chi connectivity index (χ0v) is 19.6. The summed E-state index contributed by atoms with van der Waals surface area (Å²) in [4.78, 5) is 30.5. The number of aliphatic hydroxyl groups excluding tert-OH is 1. The van der Waals surface area contributed by atoms with Gasteiger partial charge in [-0.05, 0) is 40.6 Å². The molecule has 2 heterocycles. The van der Waals surface area contributed by atoms with Crippen LogP contribution in [0, 0.1) is 0 Å². The third-order valence-corrected chi connectivity index (χ3v) is 6.78. The highest BCUT2D eigenvalue weighted by molar-refractivity contribution is 6.46. The molecule has 0 aliphatic carbocycles. The zero-order chi connectivity index (χ0) is 24.4. The Balaban J connectivity index is 1.61. The number of likely N-dealkylation sites (tertiary alicyclic amines) is 1. The van der Waals surface area contributed by atoms with Crippen molar-refractivity contribution in [2.45, 2.75) is 6.04 Å². The van der Waals surface area contributed by atoms with E-state index in [2.05, 4.69) is 4.90 Å². The second kappa shape index (κ2) is 9.90. The third kappa shape index (κ3) is 4.40. The van der Waals surface area contributed by atoms with Gasteiger partial charge in [0, 0.05) is 31.7 Å². The smallest absolute Gasteiger partial charge is 0.295 e. The standard InChI is InChI=1S/C28H28N2O5/c1-34-21-11-9-20(10-12-21)26(31)24-25(23-8-4-6-19-5-2-3-7-22(19)23)30(28(33)27(24)32)14-13-29-15-17-35-18-16-29/h2-12,25,31H,13-18H2,1H3/t25-/m1/s1. The molecule has 180 valence electrons. The number of hydrogen-bond donors (Lipinski definition) is 1. The second-order valence-corrected chi connectivity index (χ2v) is 8.74. The molecule has 1 atom stereocenters. The fraction of sp³-hybridized carbons (Fsp3) is 0.286. The van der Waals surface area contributed by atoms with Crippen molar-refractivity contribution in [2.75, 3.05) is 46.5 Å². The van der Waals surface area contributed by atoms with Crippen LogP contribution in [0.2, 0.25) is 0 Å². The van der Waals surface area contributed by atoms with Crippen molar-refractivity contribution in [3.63, 3.8) is 0 Å². The van der Waals surface area contributed by atoms with E-state index in [1.807, 2.05) is 42.5 Å². The SMILES string of the molecule is COc1ccc(C(O)=C2C(=O)C(=O)N(CCN3CCOCC3)[C@@H]2c2cccc3ccccc23)cc1. The lowest BCUT2D eigenvalue weighted by atomic mass is 9.91. The Hall–Kier alpha value is -3.68. The normalized spacial score (nSPS) is 20.5. The molecule has 1 N–H and O–H groups in total. The number of aliphatic hydroxyl groups is 1. The molecule has 2 aliphatic heterocycles. The Labute approximate surface area is 204 Å². The number of fused-ring (bicyclic) bond motifs is 1. The van der Waals surface area contributed by atoms with E-state index in [9.17, 15) is 14.7 Å². The Morgan fingerprint density at radius 3 is 2.43 bits per heavy atom. The molecular formula is C28H28N2O5. The first-order chi connectivity index (χ1) is 17.1. The van der Waals surface area contributed by atoms with Crippen LogP contribution in [-0.2, 0) is 14.3 Å². The molecule has 0 bridgehead atoms. The Bertz CT molecular complexity index is 1270. The van der Waals surface area contributed by atoms with E-state index >= 15 is 0 Å². The van der Waals surface area contributed by atoms with Crippen LogP contribution in [0.3, 0.4) is 0 Å². The van der Waals surface area contributed by atoms with Crippen LogP contribution in [-0.4, -0.2) is 73.1 Å². The van der Waals surface area contributed by atoms with Gasteiger partial charge in [0.25, 0.3) is 11.7 Å². The molecule has 3 aromatic rings. The highest BCUT2D eigenvalue weighted by Crippen LogP contribution is 2.41. The fourth-order valence-corrected chi connectivity index (χ4v) is 4.90. The van der Waals surface area contributed by atoms with Crippen LogP contribution in [0.15, 0.2) is 72.3 Å². The number of morpholine rings is 1. The highest BCUT2D eigenvalue weighted by Gasteiger charge is 2.46. The van der Waals surface area contributed by atoms with Crippen LogP contribution < -0.4 is 4.74 Å². The summed E-state index contributed by atoms with van der Waals surface area (Å²) in [5, 5.41) is 13.3. The first-order valence-corrected chi connectivity index (χ1v) is 11.8. The molecule has 7 nitrogen and oxygen atoms in total. The maximum absolute atomic E-state index is 13.4. The first kappa shape index (κ1) is 23.1. The molecule has 0 saturated carbocycles. The van der Waals surface area contributed by atoms with Gasteiger partial charge in [-0.2, -0.15) is 0 Å². The maximum Gasteiger partial charge on any atom is 0.295 e. The van der Waals surface area contributed by atoms with Crippen molar-refractivity contribution in [2.24, 2.45) is 0 Å². The molecule has 1 amide bonds. The molecule has 0 spiro atoms. The van der Waals surface area contributed by atoms with Gasteiger partial charge >= 0.3 is 0 Å². The summed E-state index contributed by atoms with van der Waals surface area (Å²) in [5.74, 6) is -0.805. The van der Waals surface area contributed by atoms with Gasteiger partial charge in [-0.1, -0.05) is 42.5 Å². The van der Waals surface area contributed by atoms with Crippen LogP contribution in [0.5, 0.6) is 5.75 Å². The summed E-state index contributed by atoms with van der Waals surface area (Å²) in [5.41, 5.74) is 1.39. The maximum atomic E-state index is 13.4. The number of ether oxygens (including phenoxy) is 2. The summed E-state index contributed by atoms with van der Waals surface area (Å²) in [7, 11) is 1.56. The van der Waals surface area contributed by atoms with Crippen LogP contribution in [0.25, 0.3) is 16.5 Å². The minimum atomic E-state index is -0.691. The van der Waals surface area contributed by atoms with Gasteiger partial charge in [0.1, 0.15) is 11.5 Å². The van der Waals surface area contributed by atoms with E-state index in [1.54, 1.807) is 36.3 Å². The molecule has 5 rings (SSSR count). The minimum absolute atomic E-state index is 0.110. The second-order valence-electron chi connectivity index (χ2n) is 8.74. The number of Topliss-reactive ketones (excluding diaryl/α,β-unsaturated/α-hetero) is 1. The summed E-state index contributed by atoms with van der Waals surface area (Å²) in [6, 6.07) is 19.9. The predicted octanol–water partition coefficient (Wildman–Crippen LogP) is 3.60. The number of ketones is 1. The van der Waals surface area contributed by atoms with Gasteiger partial charge in [-0.15, -0.1) is 0 Å². The molecule has 0 aromatic heterocycles. The predicted molar refractivity (Wildman–Crippen MR) is 133 cm³/mol. The zero-order valence-electron chi connectivity index (χ0n) is 19.6. The highest BCUT2D eigenvalue weighted by atomic mass is 16.5. The van der Waals surface area contributed by atoms with Gasteiger partial charge < -0.3 is 19.5 Å². The molecule has 3 aromatic carbocycles. The van der Waals surface area contributed by atoms with E-state index in [1.165, 1.54) is 0 Å². The fourth-order valence-electron chi connectivity index (χ4n) is 4.90. The van der Waals surface area contributed by atoms with E-state index < -0.39 is 17.7 Å². The quantitative estimate of drug-likeness (QED) is 0.336. The van der Waals surface area contributed by atoms with Crippen molar-refractivity contribution < 1.29 is 24.2 Å². The van der Waals surface area contributed by atoms with Crippen molar-refractivity contribution in [1.82, 2.24) is 9.80 Å². The molecule has 7 heteroatoms. The minimum Gasteiger partial charge on any atom is -0.507 e. The number of rotatable bonds is 6. The average molecular weight is 473 g/mol. The average Bonchev–Trinajstić information content (AvgIpc) is 3.16. The lowest BCUT2D eigenvalue weighted by Gasteiger charge is -2.31. The van der Waals surface area contributed by atoms with Crippen LogP contribution in [0.1, 0.15) is 17.2 Å². The molecule has 2 fully saturated rings. The number of carbonyl (C=O) groups is 2. The number of benzene rings is 3. The van der Waals surface area contributed by atoms with Gasteiger partial charge in [0.15, 0.2) is 0 Å². The number of nitrogens with zero attached hydrogens (tertiary/aromatic N) is 2. The lowest BCUT2D eigenvalue weighted by Crippen LogP contribution is -2.42. The summed E-state index contributed by atoms with van der Waals surface area (Å²) >= 11 is 0.